The Hall–Kier alpha value is -6.02. The minimum atomic E-state index is -0.892. The third-order valence-corrected chi connectivity index (χ3v) is 6.89. The van der Waals surface area contributed by atoms with Gasteiger partial charge in [-0.3, -0.25) is 0 Å². The Labute approximate surface area is 266 Å². The number of carbonyl (C=O) groups is 4. The number of benzene rings is 5. The lowest BCUT2D eigenvalue weighted by Crippen LogP contribution is -2.20. The molecule has 0 radical (unpaired) electrons. The van der Waals surface area contributed by atoms with E-state index in [2.05, 4.69) is 0 Å². The lowest BCUT2D eigenvalue weighted by Gasteiger charge is -2.15. The van der Waals surface area contributed by atoms with Crippen LogP contribution in [0.15, 0.2) is 133 Å². The summed E-state index contributed by atoms with van der Waals surface area (Å²) in [7, 11) is 0. The Morgan fingerprint density at radius 1 is 0.326 bits per heavy atom. The maximum atomic E-state index is 13.5. The van der Waals surface area contributed by atoms with Crippen LogP contribution in [0.1, 0.15) is 63.7 Å². The average Bonchev–Trinajstić information content (AvgIpc) is 3.12. The van der Waals surface area contributed by atoms with Crippen LogP contribution in [0.25, 0.3) is 0 Å². The van der Waals surface area contributed by atoms with Crippen molar-refractivity contribution in [3.05, 3.63) is 178 Å². The topological polar surface area (TPSA) is 105 Å². The molecular formula is C38H30O8. The summed E-state index contributed by atoms with van der Waals surface area (Å²) in [5.41, 5.74) is 1.81. The monoisotopic (exact) mass is 614 g/mol. The largest absolute Gasteiger partial charge is 0.457 e. The zero-order valence-electron chi connectivity index (χ0n) is 24.8. The summed E-state index contributed by atoms with van der Waals surface area (Å²) in [5.74, 6) is -3.57. The Morgan fingerprint density at radius 2 is 0.522 bits per heavy atom. The molecule has 0 aliphatic heterocycles. The molecule has 0 amide bonds. The van der Waals surface area contributed by atoms with E-state index in [-0.39, 0.29) is 48.7 Å². The Bertz CT molecular complexity index is 1520. The SMILES string of the molecule is O=C(OCc1ccccc1)c1cc(C(=O)OCc2ccccc2)c(C(=O)OCc2ccccc2)cc1C(=O)OCc1ccccc1. The molecule has 0 fully saturated rings. The predicted octanol–water partition coefficient (Wildman–Crippen LogP) is 7.11. The quantitative estimate of drug-likeness (QED) is 0.108. The molecule has 8 heteroatoms. The second-order valence-corrected chi connectivity index (χ2v) is 10.2. The molecular weight excluding hydrogens is 584 g/mol. The second-order valence-electron chi connectivity index (χ2n) is 10.2. The van der Waals surface area contributed by atoms with E-state index in [1.807, 2.05) is 24.3 Å². The van der Waals surface area contributed by atoms with Gasteiger partial charge in [-0.2, -0.15) is 0 Å². The van der Waals surface area contributed by atoms with Crippen LogP contribution < -0.4 is 0 Å². The first-order valence-corrected chi connectivity index (χ1v) is 14.5. The second kappa shape index (κ2) is 15.6. The number of rotatable bonds is 12. The molecule has 0 aromatic heterocycles. The van der Waals surface area contributed by atoms with E-state index >= 15 is 0 Å². The predicted molar refractivity (Wildman–Crippen MR) is 169 cm³/mol. The van der Waals surface area contributed by atoms with Crippen LogP contribution in [-0.4, -0.2) is 23.9 Å². The van der Waals surface area contributed by atoms with Gasteiger partial charge in [-0.05, 0) is 34.4 Å². The van der Waals surface area contributed by atoms with Crippen molar-refractivity contribution in [2.24, 2.45) is 0 Å². The Kier molecular flexibility index (Phi) is 10.7. The van der Waals surface area contributed by atoms with Crippen molar-refractivity contribution in [3.63, 3.8) is 0 Å². The average molecular weight is 615 g/mol. The van der Waals surface area contributed by atoms with Gasteiger partial charge in [0.2, 0.25) is 0 Å². The lowest BCUT2D eigenvalue weighted by atomic mass is 9.97. The molecule has 0 bridgehead atoms. The fourth-order valence-electron chi connectivity index (χ4n) is 4.48. The van der Waals surface area contributed by atoms with Gasteiger partial charge in [0, 0.05) is 0 Å². The Morgan fingerprint density at radius 3 is 0.717 bits per heavy atom. The maximum absolute atomic E-state index is 13.5. The van der Waals surface area contributed by atoms with E-state index in [0.29, 0.717) is 22.3 Å². The van der Waals surface area contributed by atoms with Crippen molar-refractivity contribution in [1.82, 2.24) is 0 Å². The standard InChI is InChI=1S/C38H30O8/c39-35(43-23-27-13-5-1-6-14-27)31-21-33(37(41)45-25-29-17-9-3-10-18-29)34(38(42)46-26-30-19-11-4-12-20-30)22-32(31)36(40)44-24-28-15-7-2-8-16-28/h1-22H,23-26H2. The van der Waals surface area contributed by atoms with E-state index in [1.54, 1.807) is 97.1 Å². The van der Waals surface area contributed by atoms with E-state index in [1.165, 1.54) is 0 Å². The van der Waals surface area contributed by atoms with Crippen LogP contribution in [-0.2, 0) is 45.4 Å². The molecule has 230 valence electrons. The third kappa shape index (κ3) is 8.54. The van der Waals surface area contributed by atoms with Crippen molar-refractivity contribution in [1.29, 1.82) is 0 Å². The number of hydrogen-bond acceptors (Lipinski definition) is 8. The highest BCUT2D eigenvalue weighted by atomic mass is 16.5. The van der Waals surface area contributed by atoms with Crippen LogP contribution in [0.3, 0.4) is 0 Å². The van der Waals surface area contributed by atoms with Crippen molar-refractivity contribution >= 4 is 23.9 Å². The lowest BCUT2D eigenvalue weighted by molar-refractivity contribution is 0.0409. The molecule has 0 saturated carbocycles. The highest BCUT2D eigenvalue weighted by Gasteiger charge is 2.29. The summed E-state index contributed by atoms with van der Waals surface area (Å²) < 4.78 is 22.1. The van der Waals surface area contributed by atoms with Crippen molar-refractivity contribution in [2.75, 3.05) is 0 Å². The molecule has 5 rings (SSSR count). The molecule has 5 aromatic carbocycles. The molecule has 0 N–H and O–H groups in total. The van der Waals surface area contributed by atoms with E-state index in [4.69, 9.17) is 18.9 Å². The first kappa shape index (κ1) is 31.4. The fraction of sp³-hybridized carbons (Fsp3) is 0.105. The van der Waals surface area contributed by atoms with Gasteiger partial charge in [-0.1, -0.05) is 121 Å². The summed E-state index contributed by atoms with van der Waals surface area (Å²) >= 11 is 0. The van der Waals surface area contributed by atoms with Gasteiger partial charge in [-0.15, -0.1) is 0 Å². The zero-order chi connectivity index (χ0) is 32.1. The Balaban J connectivity index is 1.50. The normalized spacial score (nSPS) is 10.4. The molecule has 0 atom stereocenters. The van der Waals surface area contributed by atoms with Crippen LogP contribution in [0.4, 0.5) is 0 Å². The zero-order valence-corrected chi connectivity index (χ0v) is 24.8. The molecule has 0 heterocycles. The molecule has 0 saturated heterocycles. The smallest absolute Gasteiger partial charge is 0.339 e. The summed E-state index contributed by atoms with van der Waals surface area (Å²) in [5, 5.41) is 0. The van der Waals surface area contributed by atoms with Gasteiger partial charge in [0.05, 0.1) is 22.3 Å². The maximum Gasteiger partial charge on any atom is 0.339 e. The molecule has 46 heavy (non-hydrogen) atoms. The highest BCUT2D eigenvalue weighted by molar-refractivity contribution is 6.10. The van der Waals surface area contributed by atoms with Gasteiger partial charge in [0.1, 0.15) is 26.4 Å². The fourth-order valence-corrected chi connectivity index (χ4v) is 4.48. The van der Waals surface area contributed by atoms with Crippen molar-refractivity contribution < 1.29 is 38.1 Å². The number of hydrogen-bond donors (Lipinski definition) is 0. The van der Waals surface area contributed by atoms with Crippen molar-refractivity contribution in [3.8, 4) is 0 Å². The van der Waals surface area contributed by atoms with E-state index in [9.17, 15) is 19.2 Å². The first-order valence-electron chi connectivity index (χ1n) is 14.5. The molecule has 8 nitrogen and oxygen atoms in total. The molecule has 0 aliphatic rings. The number of carbonyl (C=O) groups excluding carboxylic acids is 4. The number of ether oxygens (including phenoxy) is 4. The third-order valence-electron chi connectivity index (χ3n) is 6.89. The minimum Gasteiger partial charge on any atom is -0.457 e. The van der Waals surface area contributed by atoms with Gasteiger partial charge < -0.3 is 18.9 Å². The van der Waals surface area contributed by atoms with Crippen LogP contribution in [0.2, 0.25) is 0 Å². The summed E-state index contributed by atoms with van der Waals surface area (Å²) in [6.45, 7) is -0.362. The van der Waals surface area contributed by atoms with Gasteiger partial charge in [0.15, 0.2) is 0 Å². The van der Waals surface area contributed by atoms with Gasteiger partial charge >= 0.3 is 23.9 Å². The molecule has 5 aromatic rings. The first-order chi connectivity index (χ1) is 22.5. The van der Waals surface area contributed by atoms with Gasteiger partial charge in [0.25, 0.3) is 0 Å². The van der Waals surface area contributed by atoms with Crippen LogP contribution in [0.5, 0.6) is 0 Å². The molecule has 0 spiro atoms. The van der Waals surface area contributed by atoms with Crippen LogP contribution >= 0.6 is 0 Å². The minimum absolute atomic E-state index is 0.0904. The summed E-state index contributed by atoms with van der Waals surface area (Å²) in [6.07, 6.45) is 0. The number of esters is 4. The molecule has 0 aliphatic carbocycles. The van der Waals surface area contributed by atoms with E-state index in [0.717, 1.165) is 12.1 Å². The summed E-state index contributed by atoms with van der Waals surface area (Å²) in [6, 6.07) is 38.2. The highest BCUT2D eigenvalue weighted by Crippen LogP contribution is 2.24. The van der Waals surface area contributed by atoms with E-state index < -0.39 is 23.9 Å². The van der Waals surface area contributed by atoms with Crippen LogP contribution in [0, 0.1) is 0 Å². The van der Waals surface area contributed by atoms with Gasteiger partial charge in [-0.25, -0.2) is 19.2 Å². The molecule has 0 unspecified atom stereocenters. The summed E-state index contributed by atoms with van der Waals surface area (Å²) in [4.78, 5) is 53.9. The van der Waals surface area contributed by atoms with Crippen molar-refractivity contribution in [2.45, 2.75) is 26.4 Å².